The van der Waals surface area contributed by atoms with Crippen LogP contribution in [-0.4, -0.2) is 92.2 Å². The third-order valence-corrected chi connectivity index (χ3v) is 8.17. The Morgan fingerprint density at radius 1 is 1.03 bits per heavy atom. The maximum absolute atomic E-state index is 13.0. The molecule has 0 aliphatic carbocycles. The molecule has 178 valence electrons. The van der Waals surface area contributed by atoms with Gasteiger partial charge in [0.15, 0.2) is 0 Å². The lowest BCUT2D eigenvalue weighted by molar-refractivity contribution is -0.131. The van der Waals surface area contributed by atoms with Gasteiger partial charge >= 0.3 is 0 Å². The molecule has 0 spiro atoms. The van der Waals surface area contributed by atoms with E-state index < -0.39 is 10.0 Å². The predicted molar refractivity (Wildman–Crippen MR) is 126 cm³/mol. The first-order valence-corrected chi connectivity index (χ1v) is 12.8. The summed E-state index contributed by atoms with van der Waals surface area (Å²) in [5.74, 6) is -0.457. The topological polar surface area (TPSA) is 97.0 Å². The van der Waals surface area contributed by atoms with E-state index in [0.29, 0.717) is 44.3 Å². The Kier molecular flexibility index (Phi) is 6.96. The molecule has 3 heterocycles. The number of aromatic nitrogens is 1. The Morgan fingerprint density at radius 2 is 1.73 bits per heavy atom. The van der Waals surface area contributed by atoms with Crippen molar-refractivity contribution in [2.24, 2.45) is 0 Å². The minimum Gasteiger partial charge on any atom is -0.368 e. The Bertz CT molecular complexity index is 1120. The molecular formula is C22H28ClN5O4S. The third kappa shape index (κ3) is 5.18. The number of benzene rings is 1. The predicted octanol–water partition coefficient (Wildman–Crippen LogP) is 1.87. The Hall–Kier alpha value is -2.56. The summed E-state index contributed by atoms with van der Waals surface area (Å²) in [5.41, 5.74) is 1.24. The van der Waals surface area contributed by atoms with Crippen molar-refractivity contribution in [3.05, 3.63) is 47.2 Å². The highest BCUT2D eigenvalue weighted by atomic mass is 35.5. The number of carbonyl (C=O) groups is 2. The quantitative estimate of drug-likeness (QED) is 0.662. The highest BCUT2D eigenvalue weighted by Gasteiger charge is 2.29. The van der Waals surface area contributed by atoms with Gasteiger partial charge in [-0.25, -0.2) is 8.42 Å². The van der Waals surface area contributed by atoms with Crippen LogP contribution in [0.5, 0.6) is 0 Å². The van der Waals surface area contributed by atoms with Crippen molar-refractivity contribution < 1.29 is 18.0 Å². The van der Waals surface area contributed by atoms with Crippen molar-refractivity contribution in [2.45, 2.75) is 17.7 Å². The Labute approximate surface area is 198 Å². The lowest BCUT2D eigenvalue weighted by Crippen LogP contribution is -2.51. The van der Waals surface area contributed by atoms with E-state index in [4.69, 9.17) is 11.6 Å². The lowest BCUT2D eigenvalue weighted by atomic mass is 10.2. The van der Waals surface area contributed by atoms with E-state index in [1.54, 1.807) is 9.80 Å². The van der Waals surface area contributed by atoms with Crippen LogP contribution in [0, 0.1) is 0 Å². The molecule has 11 heteroatoms. The molecule has 2 aromatic rings. The first-order valence-electron chi connectivity index (χ1n) is 11.0. The first-order chi connectivity index (χ1) is 15.8. The van der Waals surface area contributed by atoms with Crippen molar-refractivity contribution in [3.63, 3.8) is 0 Å². The van der Waals surface area contributed by atoms with Crippen molar-refractivity contribution in [3.8, 4) is 0 Å². The van der Waals surface area contributed by atoms with Gasteiger partial charge in [-0.05, 0) is 37.1 Å². The number of halogens is 1. The highest BCUT2D eigenvalue weighted by molar-refractivity contribution is 7.89. The summed E-state index contributed by atoms with van der Waals surface area (Å²) in [4.78, 5) is 33.6. The van der Waals surface area contributed by atoms with Gasteiger partial charge in [0.05, 0.1) is 6.54 Å². The standard InChI is InChI=1S/C22H28ClN5O4S/c1-25(33(31,32)19-14-20(24-15-19)22(30)28-7-2-3-8-28)16-21(29)27-11-9-26(10-12-27)18-6-4-5-17(23)13-18/h4-6,13-15,24H,2-3,7-12,16H2,1H3. The van der Waals surface area contributed by atoms with Crippen molar-refractivity contribution in [1.29, 1.82) is 0 Å². The average molecular weight is 494 g/mol. The van der Waals surface area contributed by atoms with Crippen LogP contribution in [0.1, 0.15) is 23.3 Å². The minimum absolute atomic E-state index is 0.0221. The second-order valence-corrected chi connectivity index (χ2v) is 10.8. The number of likely N-dealkylation sites (tertiary alicyclic amines) is 1. The number of H-pyrrole nitrogens is 1. The molecule has 2 aliphatic heterocycles. The fraction of sp³-hybridized carbons (Fsp3) is 0.455. The van der Waals surface area contributed by atoms with Gasteiger partial charge in [-0.1, -0.05) is 17.7 Å². The van der Waals surface area contributed by atoms with Crippen LogP contribution in [0.15, 0.2) is 41.4 Å². The number of piperazine rings is 1. The van der Waals surface area contributed by atoms with E-state index in [2.05, 4.69) is 9.88 Å². The second-order valence-electron chi connectivity index (χ2n) is 8.36. The molecule has 0 unspecified atom stereocenters. The number of nitrogens with one attached hydrogen (secondary N) is 1. The summed E-state index contributed by atoms with van der Waals surface area (Å²) < 4.78 is 27.0. The molecule has 2 fully saturated rings. The molecule has 4 rings (SSSR count). The van der Waals surface area contributed by atoms with Crippen LogP contribution in [-0.2, 0) is 14.8 Å². The second kappa shape index (κ2) is 9.74. The molecule has 1 N–H and O–H groups in total. The summed E-state index contributed by atoms with van der Waals surface area (Å²) >= 11 is 6.07. The molecule has 9 nitrogen and oxygen atoms in total. The number of aromatic amines is 1. The van der Waals surface area contributed by atoms with Crippen LogP contribution < -0.4 is 4.90 Å². The molecule has 2 amide bonds. The number of anilines is 1. The summed E-state index contributed by atoms with van der Waals surface area (Å²) in [6.45, 7) is 3.37. The van der Waals surface area contributed by atoms with E-state index in [9.17, 15) is 18.0 Å². The number of carbonyl (C=O) groups excluding carboxylic acids is 2. The van der Waals surface area contributed by atoms with E-state index in [1.165, 1.54) is 19.3 Å². The van der Waals surface area contributed by atoms with Crippen molar-refractivity contribution in [1.82, 2.24) is 19.1 Å². The monoisotopic (exact) mass is 493 g/mol. The fourth-order valence-electron chi connectivity index (χ4n) is 4.18. The van der Waals surface area contributed by atoms with Gasteiger partial charge in [-0.15, -0.1) is 0 Å². The zero-order chi connectivity index (χ0) is 23.6. The van der Waals surface area contributed by atoms with Gasteiger partial charge in [0.2, 0.25) is 15.9 Å². The molecule has 0 atom stereocenters. The molecule has 0 radical (unpaired) electrons. The van der Waals surface area contributed by atoms with E-state index in [1.807, 2.05) is 24.3 Å². The van der Waals surface area contributed by atoms with Crippen LogP contribution in [0.3, 0.4) is 0 Å². The largest absolute Gasteiger partial charge is 0.368 e. The minimum atomic E-state index is -3.91. The van der Waals surface area contributed by atoms with Crippen LogP contribution in [0.4, 0.5) is 5.69 Å². The van der Waals surface area contributed by atoms with Gasteiger partial charge in [-0.2, -0.15) is 4.31 Å². The normalized spacial score (nSPS) is 17.1. The molecule has 1 aromatic heterocycles. The zero-order valence-corrected chi connectivity index (χ0v) is 20.1. The number of rotatable bonds is 6. The van der Waals surface area contributed by atoms with Crippen LogP contribution in [0.2, 0.25) is 5.02 Å². The SMILES string of the molecule is CN(CC(=O)N1CCN(c2cccc(Cl)c2)CC1)S(=O)(=O)c1c[nH]c(C(=O)N2CCCC2)c1. The maximum Gasteiger partial charge on any atom is 0.270 e. The van der Waals surface area contributed by atoms with Crippen molar-refractivity contribution in [2.75, 3.05) is 57.8 Å². The fourth-order valence-corrected chi connectivity index (χ4v) is 5.48. The smallest absolute Gasteiger partial charge is 0.270 e. The van der Waals surface area contributed by atoms with Gasteiger partial charge in [0.25, 0.3) is 5.91 Å². The highest BCUT2D eigenvalue weighted by Crippen LogP contribution is 2.22. The molecule has 0 saturated carbocycles. The summed E-state index contributed by atoms with van der Waals surface area (Å²) in [5, 5.41) is 0.660. The van der Waals surface area contributed by atoms with Crippen LogP contribution in [0.25, 0.3) is 0 Å². The maximum atomic E-state index is 13.0. The van der Waals surface area contributed by atoms with Crippen LogP contribution >= 0.6 is 11.6 Å². The van der Waals surface area contributed by atoms with Gasteiger partial charge in [0.1, 0.15) is 10.6 Å². The van der Waals surface area contributed by atoms with Crippen molar-refractivity contribution >= 4 is 39.1 Å². The van der Waals surface area contributed by atoms with E-state index in [-0.39, 0.29) is 28.9 Å². The number of sulfonamides is 1. The number of nitrogens with zero attached hydrogens (tertiary/aromatic N) is 4. The molecule has 33 heavy (non-hydrogen) atoms. The number of hydrogen-bond donors (Lipinski definition) is 1. The van der Waals surface area contributed by atoms with Gasteiger partial charge in [-0.3, -0.25) is 9.59 Å². The number of likely N-dealkylation sites (N-methyl/N-ethyl adjacent to an activating group) is 1. The summed E-state index contributed by atoms with van der Waals surface area (Å²) in [7, 11) is -2.53. The molecular weight excluding hydrogens is 466 g/mol. The molecule has 2 aliphatic rings. The Morgan fingerprint density at radius 3 is 2.39 bits per heavy atom. The third-order valence-electron chi connectivity index (χ3n) is 6.15. The van der Waals surface area contributed by atoms with Gasteiger partial charge in [0, 0.05) is 63.2 Å². The Balaban J connectivity index is 1.34. The lowest BCUT2D eigenvalue weighted by Gasteiger charge is -2.36. The van der Waals surface area contributed by atoms with E-state index >= 15 is 0 Å². The number of hydrogen-bond acceptors (Lipinski definition) is 5. The first kappa shape index (κ1) is 23.6. The molecule has 0 bridgehead atoms. The average Bonchev–Trinajstić information content (AvgIpc) is 3.51. The molecule has 1 aromatic carbocycles. The summed E-state index contributed by atoms with van der Waals surface area (Å²) in [6.07, 6.45) is 3.22. The zero-order valence-electron chi connectivity index (χ0n) is 18.5. The van der Waals surface area contributed by atoms with Gasteiger partial charge < -0.3 is 19.7 Å². The molecule has 2 saturated heterocycles. The number of amides is 2. The summed E-state index contributed by atoms with van der Waals surface area (Å²) in [6, 6.07) is 8.92. The van der Waals surface area contributed by atoms with E-state index in [0.717, 1.165) is 22.8 Å².